The number of oxazole rings is 1. The van der Waals surface area contributed by atoms with E-state index in [4.69, 9.17) is 16.6 Å². The summed E-state index contributed by atoms with van der Waals surface area (Å²) in [4.78, 5) is 16.8. The molecule has 150 valence electrons. The van der Waals surface area contributed by atoms with Crippen LogP contribution in [0.3, 0.4) is 0 Å². The molecule has 6 heteroatoms. The lowest BCUT2D eigenvalue weighted by Gasteiger charge is -2.10. The maximum absolute atomic E-state index is 12.2. The predicted molar refractivity (Wildman–Crippen MR) is 123 cm³/mol. The van der Waals surface area contributed by atoms with Crippen molar-refractivity contribution >= 4 is 40.0 Å². The number of nitrogens with zero attached hydrogens (tertiary/aromatic N) is 1. The number of rotatable bonds is 4. The third kappa shape index (κ3) is 4.55. The molecule has 0 aliphatic rings. The molecule has 0 atom stereocenters. The van der Waals surface area contributed by atoms with Crippen LogP contribution in [0.1, 0.15) is 32.9 Å². The molecule has 0 radical (unpaired) electrons. The maximum Gasteiger partial charge on any atom is 0.257 e. The van der Waals surface area contributed by atoms with E-state index in [0.29, 0.717) is 17.9 Å². The fourth-order valence-electron chi connectivity index (χ4n) is 3.11. The number of anilines is 1. The third-order valence-corrected chi connectivity index (χ3v) is 5.08. The van der Waals surface area contributed by atoms with Crippen LogP contribution in [0.5, 0.6) is 0 Å². The minimum absolute atomic E-state index is 0.244. The molecule has 0 bridgehead atoms. The molecule has 0 aliphatic carbocycles. The van der Waals surface area contributed by atoms with Gasteiger partial charge >= 0.3 is 0 Å². The first-order valence-electron chi connectivity index (χ1n) is 9.61. The zero-order chi connectivity index (χ0) is 21.1. The predicted octanol–water partition coefficient (Wildman–Crippen LogP) is 5.16. The van der Waals surface area contributed by atoms with Gasteiger partial charge in [-0.3, -0.25) is 10.1 Å². The molecule has 1 aromatic heterocycles. The Morgan fingerprint density at radius 2 is 1.70 bits per heavy atom. The number of thiocarbonyl (C=S) groups is 1. The Morgan fingerprint density at radius 3 is 2.43 bits per heavy atom. The van der Waals surface area contributed by atoms with Crippen molar-refractivity contribution in [2.75, 3.05) is 5.32 Å². The minimum atomic E-state index is -0.244. The second kappa shape index (κ2) is 8.47. The van der Waals surface area contributed by atoms with Gasteiger partial charge in [0.2, 0.25) is 0 Å². The first-order valence-corrected chi connectivity index (χ1v) is 10.0. The topological polar surface area (TPSA) is 67.2 Å². The molecule has 0 fully saturated rings. The number of carbonyl (C=O) groups is 1. The minimum Gasteiger partial charge on any atom is -0.440 e. The highest BCUT2D eigenvalue weighted by Crippen LogP contribution is 2.22. The Morgan fingerprint density at radius 1 is 1.00 bits per heavy atom. The monoisotopic (exact) mass is 415 g/mol. The van der Waals surface area contributed by atoms with Crippen molar-refractivity contribution in [2.24, 2.45) is 0 Å². The van der Waals surface area contributed by atoms with Gasteiger partial charge < -0.3 is 9.73 Å². The highest BCUT2D eigenvalue weighted by Gasteiger charge is 2.10. The Kier molecular flexibility index (Phi) is 5.59. The molecule has 2 N–H and O–H groups in total. The van der Waals surface area contributed by atoms with E-state index in [-0.39, 0.29) is 11.0 Å². The van der Waals surface area contributed by atoms with Crippen molar-refractivity contribution in [1.29, 1.82) is 0 Å². The molecule has 3 aromatic carbocycles. The second-order valence-corrected chi connectivity index (χ2v) is 7.57. The van der Waals surface area contributed by atoms with Gasteiger partial charge in [0, 0.05) is 17.7 Å². The Bertz CT molecular complexity index is 1180. The fourth-order valence-corrected chi connectivity index (χ4v) is 3.32. The van der Waals surface area contributed by atoms with Gasteiger partial charge in [0.25, 0.3) is 5.91 Å². The van der Waals surface area contributed by atoms with E-state index in [9.17, 15) is 4.79 Å². The zero-order valence-corrected chi connectivity index (χ0v) is 17.5. The molecule has 0 saturated heterocycles. The van der Waals surface area contributed by atoms with Gasteiger partial charge in [0.15, 0.2) is 16.6 Å². The lowest BCUT2D eigenvalue weighted by atomic mass is 10.1. The van der Waals surface area contributed by atoms with E-state index in [1.54, 1.807) is 12.1 Å². The van der Waals surface area contributed by atoms with Crippen LogP contribution >= 0.6 is 12.2 Å². The number of aryl methyl sites for hydroxylation is 2. The van der Waals surface area contributed by atoms with E-state index in [1.165, 1.54) is 11.1 Å². The van der Waals surface area contributed by atoms with Crippen LogP contribution in [0.4, 0.5) is 5.69 Å². The Hall–Kier alpha value is -3.51. The second-order valence-electron chi connectivity index (χ2n) is 7.16. The molecule has 0 saturated carbocycles. The maximum atomic E-state index is 12.2. The summed E-state index contributed by atoms with van der Waals surface area (Å²) in [6, 6.07) is 20.8. The Labute approximate surface area is 180 Å². The quantitative estimate of drug-likeness (QED) is 0.451. The first kappa shape index (κ1) is 19.8. The van der Waals surface area contributed by atoms with Crippen LogP contribution in [0.15, 0.2) is 71.1 Å². The summed E-state index contributed by atoms with van der Waals surface area (Å²) < 4.78 is 5.89. The summed E-state index contributed by atoms with van der Waals surface area (Å²) in [6.45, 7) is 4.14. The van der Waals surface area contributed by atoms with Gasteiger partial charge in [0.1, 0.15) is 5.52 Å². The molecular formula is C24H21N3O2S. The van der Waals surface area contributed by atoms with E-state index in [2.05, 4.69) is 35.5 Å². The third-order valence-electron chi connectivity index (χ3n) is 4.88. The number of nitrogens with one attached hydrogen (secondary N) is 2. The summed E-state index contributed by atoms with van der Waals surface area (Å²) in [7, 11) is 0. The van der Waals surface area contributed by atoms with E-state index in [1.807, 2.05) is 48.5 Å². The number of hydrogen-bond acceptors (Lipinski definition) is 4. The van der Waals surface area contributed by atoms with Crippen LogP contribution in [0.2, 0.25) is 0 Å². The Balaban J connectivity index is 1.38. The van der Waals surface area contributed by atoms with Gasteiger partial charge in [0.05, 0.1) is 0 Å². The van der Waals surface area contributed by atoms with Gasteiger partial charge in [-0.15, -0.1) is 0 Å². The van der Waals surface area contributed by atoms with Crippen molar-refractivity contribution in [2.45, 2.75) is 20.3 Å². The summed E-state index contributed by atoms with van der Waals surface area (Å²) in [5, 5.41) is 5.96. The standard InChI is InChI=1S/C24H21N3O2S/c1-15-12-20-21(13-16(15)2)29-22(26-20)14-17-8-10-19(11-9-17)25-24(30)27-23(28)18-6-4-3-5-7-18/h3-13H,14H2,1-2H3,(H2,25,27,28,30). The van der Waals surface area contributed by atoms with Crippen LogP contribution in [0, 0.1) is 13.8 Å². The van der Waals surface area contributed by atoms with Crippen molar-refractivity contribution in [3.63, 3.8) is 0 Å². The molecule has 1 heterocycles. The number of benzene rings is 3. The highest BCUT2D eigenvalue weighted by molar-refractivity contribution is 7.80. The lowest BCUT2D eigenvalue weighted by Crippen LogP contribution is -2.34. The van der Waals surface area contributed by atoms with Crippen LogP contribution in [-0.4, -0.2) is 16.0 Å². The van der Waals surface area contributed by atoms with Crippen LogP contribution in [0.25, 0.3) is 11.1 Å². The van der Waals surface area contributed by atoms with Crippen molar-refractivity contribution < 1.29 is 9.21 Å². The van der Waals surface area contributed by atoms with Crippen LogP contribution < -0.4 is 10.6 Å². The number of amides is 1. The molecule has 0 unspecified atom stereocenters. The number of carbonyl (C=O) groups excluding carboxylic acids is 1. The average Bonchev–Trinajstić information content (AvgIpc) is 3.11. The molecule has 5 nitrogen and oxygen atoms in total. The molecule has 1 amide bonds. The van der Waals surface area contributed by atoms with Crippen molar-refractivity contribution in [3.05, 3.63) is 94.9 Å². The number of hydrogen-bond donors (Lipinski definition) is 2. The number of aromatic nitrogens is 1. The molecule has 4 rings (SSSR count). The van der Waals surface area contributed by atoms with E-state index >= 15 is 0 Å². The van der Waals surface area contributed by atoms with Crippen molar-refractivity contribution in [1.82, 2.24) is 10.3 Å². The van der Waals surface area contributed by atoms with E-state index in [0.717, 1.165) is 22.4 Å². The fraction of sp³-hybridized carbons (Fsp3) is 0.125. The summed E-state index contributed by atoms with van der Waals surface area (Å²) in [6.07, 6.45) is 0.599. The molecular weight excluding hydrogens is 394 g/mol. The van der Waals surface area contributed by atoms with Crippen molar-refractivity contribution in [3.8, 4) is 0 Å². The molecule has 0 spiro atoms. The van der Waals surface area contributed by atoms with Gasteiger partial charge in [-0.05, 0) is 79.2 Å². The average molecular weight is 416 g/mol. The summed E-state index contributed by atoms with van der Waals surface area (Å²) >= 11 is 5.24. The largest absolute Gasteiger partial charge is 0.440 e. The van der Waals surface area contributed by atoms with Gasteiger partial charge in [-0.25, -0.2) is 4.98 Å². The summed E-state index contributed by atoms with van der Waals surface area (Å²) in [5.41, 5.74) is 6.50. The van der Waals surface area contributed by atoms with Gasteiger partial charge in [-0.2, -0.15) is 0 Å². The van der Waals surface area contributed by atoms with Crippen LogP contribution in [-0.2, 0) is 6.42 Å². The lowest BCUT2D eigenvalue weighted by molar-refractivity contribution is 0.0977. The highest BCUT2D eigenvalue weighted by atomic mass is 32.1. The van der Waals surface area contributed by atoms with Gasteiger partial charge in [-0.1, -0.05) is 30.3 Å². The van der Waals surface area contributed by atoms with E-state index < -0.39 is 0 Å². The zero-order valence-electron chi connectivity index (χ0n) is 16.7. The molecule has 0 aliphatic heterocycles. The number of fused-ring (bicyclic) bond motifs is 1. The smallest absolute Gasteiger partial charge is 0.257 e. The normalized spacial score (nSPS) is 10.7. The summed E-state index contributed by atoms with van der Waals surface area (Å²) in [5.74, 6) is 0.438. The first-order chi connectivity index (χ1) is 14.5. The molecule has 4 aromatic rings. The molecule has 30 heavy (non-hydrogen) atoms. The SMILES string of the molecule is Cc1cc2nc(Cc3ccc(NC(=S)NC(=O)c4ccccc4)cc3)oc2cc1C.